The van der Waals surface area contributed by atoms with E-state index in [9.17, 15) is 4.39 Å². The molecule has 2 heterocycles. The maximum absolute atomic E-state index is 14.0. The third-order valence-corrected chi connectivity index (χ3v) is 5.11. The molecule has 0 spiro atoms. The molecule has 0 unspecified atom stereocenters. The fourth-order valence-electron chi connectivity index (χ4n) is 3.58. The van der Waals surface area contributed by atoms with E-state index < -0.39 is 0 Å². The summed E-state index contributed by atoms with van der Waals surface area (Å²) in [7, 11) is 0. The van der Waals surface area contributed by atoms with Gasteiger partial charge in [0.1, 0.15) is 5.82 Å². The molecule has 1 aromatic carbocycles. The number of benzene rings is 1. The van der Waals surface area contributed by atoms with Gasteiger partial charge >= 0.3 is 0 Å². The molecular weight excluding hydrogens is 331 g/mol. The van der Waals surface area contributed by atoms with Crippen molar-refractivity contribution in [1.82, 2.24) is 25.1 Å². The molecular formula is C19H29FN6. The summed E-state index contributed by atoms with van der Waals surface area (Å²) in [6.07, 6.45) is 2.03. The van der Waals surface area contributed by atoms with Gasteiger partial charge in [-0.15, -0.1) is 5.10 Å². The Morgan fingerprint density at radius 1 is 1.12 bits per heavy atom. The zero-order chi connectivity index (χ0) is 18.5. The van der Waals surface area contributed by atoms with Crippen LogP contribution in [-0.4, -0.2) is 51.3 Å². The van der Waals surface area contributed by atoms with Crippen molar-refractivity contribution in [1.29, 1.82) is 0 Å². The normalized spacial score (nSPS) is 17.0. The van der Waals surface area contributed by atoms with Crippen molar-refractivity contribution in [2.24, 2.45) is 5.92 Å². The first-order chi connectivity index (χ1) is 12.6. The van der Waals surface area contributed by atoms with E-state index in [1.54, 1.807) is 6.07 Å². The minimum Gasteiger partial charge on any atom is -0.367 e. The molecule has 1 aromatic heterocycles. The van der Waals surface area contributed by atoms with E-state index in [2.05, 4.69) is 46.1 Å². The molecule has 1 aliphatic heterocycles. The van der Waals surface area contributed by atoms with Gasteiger partial charge in [0, 0.05) is 32.7 Å². The molecule has 26 heavy (non-hydrogen) atoms. The minimum atomic E-state index is -0.148. The van der Waals surface area contributed by atoms with E-state index in [0.717, 1.165) is 51.4 Å². The smallest absolute Gasteiger partial charge is 0.168 e. The van der Waals surface area contributed by atoms with Gasteiger partial charge in [0.25, 0.3) is 0 Å². The van der Waals surface area contributed by atoms with Crippen LogP contribution < -0.4 is 4.90 Å². The third kappa shape index (κ3) is 4.20. The number of hydrogen-bond acceptors (Lipinski definition) is 5. The summed E-state index contributed by atoms with van der Waals surface area (Å²) in [6.45, 7) is 10.8. The summed E-state index contributed by atoms with van der Waals surface area (Å²) < 4.78 is 16.0. The predicted molar refractivity (Wildman–Crippen MR) is 100 cm³/mol. The summed E-state index contributed by atoms with van der Waals surface area (Å²) in [5, 5.41) is 12.4. The average molecular weight is 360 g/mol. The zero-order valence-corrected chi connectivity index (χ0v) is 16.0. The Morgan fingerprint density at radius 2 is 1.85 bits per heavy atom. The van der Waals surface area contributed by atoms with Gasteiger partial charge in [0.2, 0.25) is 0 Å². The molecule has 0 N–H and O–H groups in total. The topological polar surface area (TPSA) is 50.1 Å². The first-order valence-electron chi connectivity index (χ1n) is 9.59. The maximum Gasteiger partial charge on any atom is 0.168 e. The fourth-order valence-corrected chi connectivity index (χ4v) is 3.58. The van der Waals surface area contributed by atoms with Crippen LogP contribution in [0.3, 0.4) is 0 Å². The van der Waals surface area contributed by atoms with E-state index in [1.807, 2.05) is 16.8 Å². The first-order valence-corrected chi connectivity index (χ1v) is 9.59. The Balaban J connectivity index is 1.66. The number of nitrogens with zero attached hydrogens (tertiary/aromatic N) is 6. The van der Waals surface area contributed by atoms with Gasteiger partial charge in [-0.1, -0.05) is 32.9 Å². The van der Waals surface area contributed by atoms with Crippen molar-refractivity contribution in [3.63, 3.8) is 0 Å². The molecule has 0 aliphatic carbocycles. The van der Waals surface area contributed by atoms with Crippen LogP contribution in [0.4, 0.5) is 10.1 Å². The number of rotatable bonds is 7. The Labute approximate surface area is 155 Å². The lowest BCUT2D eigenvalue weighted by Gasteiger charge is -2.39. The molecule has 7 heteroatoms. The summed E-state index contributed by atoms with van der Waals surface area (Å²) in [4.78, 5) is 4.55. The summed E-state index contributed by atoms with van der Waals surface area (Å²) in [5.41, 5.74) is 0.696. The number of tetrazole rings is 1. The fraction of sp³-hybridized carbons (Fsp3) is 0.632. The minimum absolute atomic E-state index is 0.148. The number of piperazine rings is 1. The Morgan fingerprint density at radius 3 is 2.50 bits per heavy atom. The Kier molecular flexibility index (Phi) is 6.19. The quantitative estimate of drug-likeness (QED) is 0.759. The number of aromatic nitrogens is 4. The Bertz CT molecular complexity index is 693. The average Bonchev–Trinajstić information content (AvgIpc) is 3.10. The van der Waals surface area contributed by atoms with Crippen molar-refractivity contribution in [2.45, 2.75) is 46.2 Å². The SMILES string of the molecule is CC[C@H](c1nnnn1CCC(C)C)N1CCN(c2ccccc2F)CC1. The second kappa shape index (κ2) is 8.58. The van der Waals surface area contributed by atoms with Gasteiger partial charge in [-0.2, -0.15) is 0 Å². The van der Waals surface area contributed by atoms with Crippen LogP contribution in [0.15, 0.2) is 24.3 Å². The highest BCUT2D eigenvalue weighted by Crippen LogP contribution is 2.26. The lowest BCUT2D eigenvalue weighted by atomic mass is 10.1. The van der Waals surface area contributed by atoms with Crippen LogP contribution in [0.1, 0.15) is 45.5 Å². The van der Waals surface area contributed by atoms with Crippen LogP contribution in [0, 0.1) is 11.7 Å². The molecule has 1 saturated heterocycles. The zero-order valence-electron chi connectivity index (χ0n) is 16.0. The van der Waals surface area contributed by atoms with E-state index in [0.29, 0.717) is 11.6 Å². The van der Waals surface area contributed by atoms with Gasteiger partial charge in [-0.3, -0.25) is 4.90 Å². The molecule has 1 fully saturated rings. The molecule has 3 rings (SSSR count). The van der Waals surface area contributed by atoms with E-state index >= 15 is 0 Å². The van der Waals surface area contributed by atoms with Crippen LogP contribution in [-0.2, 0) is 6.54 Å². The largest absolute Gasteiger partial charge is 0.367 e. The number of para-hydroxylation sites is 1. The van der Waals surface area contributed by atoms with Crippen molar-refractivity contribution in [3.05, 3.63) is 35.9 Å². The molecule has 0 saturated carbocycles. The van der Waals surface area contributed by atoms with Gasteiger partial charge in [0.15, 0.2) is 5.82 Å². The number of aryl methyl sites for hydroxylation is 1. The molecule has 1 aliphatic rings. The molecule has 0 radical (unpaired) electrons. The van der Waals surface area contributed by atoms with Crippen LogP contribution in [0.5, 0.6) is 0 Å². The molecule has 1 atom stereocenters. The van der Waals surface area contributed by atoms with Crippen molar-refractivity contribution < 1.29 is 4.39 Å². The summed E-state index contributed by atoms with van der Waals surface area (Å²) in [5.74, 6) is 1.43. The van der Waals surface area contributed by atoms with Gasteiger partial charge < -0.3 is 4.90 Å². The van der Waals surface area contributed by atoms with Crippen LogP contribution >= 0.6 is 0 Å². The highest BCUT2D eigenvalue weighted by atomic mass is 19.1. The highest BCUT2D eigenvalue weighted by molar-refractivity contribution is 5.48. The third-order valence-electron chi connectivity index (χ3n) is 5.11. The number of hydrogen-bond donors (Lipinski definition) is 0. The Hall–Kier alpha value is -2.02. The monoisotopic (exact) mass is 360 g/mol. The van der Waals surface area contributed by atoms with E-state index in [-0.39, 0.29) is 11.9 Å². The standard InChI is InChI=1S/C19H29FN6/c1-4-17(19-21-22-23-26(19)10-9-15(2)3)24-11-13-25(14-12-24)18-8-6-5-7-16(18)20/h5-8,15,17H,4,9-14H2,1-3H3/t17-/m1/s1. The second-order valence-corrected chi connectivity index (χ2v) is 7.34. The van der Waals surface area contributed by atoms with Crippen LogP contribution in [0.2, 0.25) is 0 Å². The molecule has 0 bridgehead atoms. The second-order valence-electron chi connectivity index (χ2n) is 7.34. The predicted octanol–water partition coefficient (Wildman–Crippen LogP) is 3.13. The first kappa shape index (κ1) is 18.8. The van der Waals surface area contributed by atoms with E-state index in [1.165, 1.54) is 6.07 Å². The highest BCUT2D eigenvalue weighted by Gasteiger charge is 2.28. The van der Waals surface area contributed by atoms with Gasteiger partial charge in [-0.25, -0.2) is 9.07 Å². The van der Waals surface area contributed by atoms with Gasteiger partial charge in [0.05, 0.1) is 11.7 Å². The van der Waals surface area contributed by atoms with Gasteiger partial charge in [-0.05, 0) is 41.3 Å². The molecule has 0 amide bonds. The maximum atomic E-state index is 14.0. The number of anilines is 1. The lowest BCUT2D eigenvalue weighted by Crippen LogP contribution is -2.48. The van der Waals surface area contributed by atoms with Crippen molar-refractivity contribution in [2.75, 3.05) is 31.1 Å². The summed E-state index contributed by atoms with van der Waals surface area (Å²) in [6, 6.07) is 7.22. The lowest BCUT2D eigenvalue weighted by molar-refractivity contribution is 0.168. The van der Waals surface area contributed by atoms with Crippen molar-refractivity contribution >= 4 is 5.69 Å². The summed E-state index contributed by atoms with van der Waals surface area (Å²) >= 11 is 0. The van der Waals surface area contributed by atoms with Crippen LogP contribution in [0.25, 0.3) is 0 Å². The number of halogens is 1. The molecule has 6 nitrogen and oxygen atoms in total. The molecule has 2 aromatic rings. The van der Waals surface area contributed by atoms with E-state index in [4.69, 9.17) is 0 Å². The molecule has 142 valence electrons. The van der Waals surface area contributed by atoms with Crippen molar-refractivity contribution in [3.8, 4) is 0 Å².